The zero-order chi connectivity index (χ0) is 27.8. The van der Waals surface area contributed by atoms with Gasteiger partial charge in [0.1, 0.15) is 0 Å². The van der Waals surface area contributed by atoms with E-state index in [4.69, 9.17) is 4.98 Å². The Hall–Kier alpha value is -3.17. The van der Waals surface area contributed by atoms with Gasteiger partial charge in [-0.2, -0.15) is 13.2 Å². The second-order valence-electron chi connectivity index (χ2n) is 11.0. The number of fused-ring (bicyclic) bond motifs is 1. The minimum Gasteiger partial charge on any atom is -0.341 e. The van der Waals surface area contributed by atoms with Crippen molar-refractivity contribution in [3.05, 3.63) is 65.6 Å². The zero-order valence-corrected chi connectivity index (χ0v) is 22.4. The minimum atomic E-state index is -4.16. The maximum Gasteiger partial charge on any atom is 0.395 e. The third-order valence-corrected chi connectivity index (χ3v) is 8.39. The Kier molecular flexibility index (Phi) is 7.57. The Morgan fingerprint density at radius 3 is 2.62 bits per heavy atom. The largest absolute Gasteiger partial charge is 0.395 e. The number of amides is 1. The molecule has 208 valence electrons. The first-order valence-electron chi connectivity index (χ1n) is 13.6. The van der Waals surface area contributed by atoms with Gasteiger partial charge in [0.15, 0.2) is 0 Å². The topological polar surface area (TPSA) is 62.2 Å². The number of nitrogens with zero attached hydrogens (tertiary/aromatic N) is 3. The molecule has 0 aromatic carbocycles. The molecule has 3 aliphatic rings. The summed E-state index contributed by atoms with van der Waals surface area (Å²) in [5.74, 6) is -0.398. The Balaban J connectivity index is 1.28. The molecule has 2 aliphatic heterocycles. The molecule has 9 heteroatoms. The van der Waals surface area contributed by atoms with E-state index in [1.807, 2.05) is 17.0 Å². The number of hydrogen-bond donors (Lipinski definition) is 2. The van der Waals surface area contributed by atoms with Crippen LogP contribution in [0.1, 0.15) is 48.2 Å². The van der Waals surface area contributed by atoms with E-state index in [1.165, 1.54) is 11.3 Å². The molecule has 1 saturated heterocycles. The molecule has 2 fully saturated rings. The second-order valence-corrected chi connectivity index (χ2v) is 11.0. The number of likely N-dealkylation sites (tertiary alicyclic amines) is 1. The molecule has 0 unspecified atom stereocenters. The standard InChI is InChI=1S/C30H36F3N5O/c1-4-21-6-7-24(26-16-20(3)27-18-34-12-15-38(26)27)36-25(21)17-23(5-2)35-28(39)22-8-13-37(14-9-22)19-29(10-11-29)30(31,32)33/h4-7,16-17,22,34H,1-2,8-15,18-19H2,3H3,(H,35,39)/b23-17+. The molecule has 5 rings (SSSR count). The number of allylic oxidation sites excluding steroid dienone is 1. The van der Waals surface area contributed by atoms with Gasteiger partial charge in [0.2, 0.25) is 5.91 Å². The molecule has 1 saturated carbocycles. The van der Waals surface area contributed by atoms with E-state index in [2.05, 4.69) is 41.3 Å². The lowest BCUT2D eigenvalue weighted by atomic mass is 9.94. The molecule has 0 bridgehead atoms. The highest BCUT2D eigenvalue weighted by Gasteiger charge is 2.63. The van der Waals surface area contributed by atoms with E-state index in [9.17, 15) is 18.0 Å². The third kappa shape index (κ3) is 5.61. The van der Waals surface area contributed by atoms with Gasteiger partial charge in [-0.3, -0.25) is 4.79 Å². The van der Waals surface area contributed by atoms with Gasteiger partial charge in [0.25, 0.3) is 0 Å². The summed E-state index contributed by atoms with van der Waals surface area (Å²) in [6.45, 7) is 13.5. The van der Waals surface area contributed by atoms with Crippen LogP contribution in [-0.4, -0.2) is 52.7 Å². The van der Waals surface area contributed by atoms with Crippen LogP contribution in [0.3, 0.4) is 0 Å². The van der Waals surface area contributed by atoms with E-state index in [0.717, 1.165) is 36.6 Å². The average molecular weight is 540 g/mol. The highest BCUT2D eigenvalue weighted by atomic mass is 19.4. The van der Waals surface area contributed by atoms with Crippen molar-refractivity contribution in [1.82, 2.24) is 25.1 Å². The van der Waals surface area contributed by atoms with Crippen LogP contribution in [0.15, 0.2) is 43.1 Å². The van der Waals surface area contributed by atoms with Gasteiger partial charge in [0.05, 0.1) is 22.5 Å². The van der Waals surface area contributed by atoms with Gasteiger partial charge in [-0.15, -0.1) is 0 Å². The van der Waals surface area contributed by atoms with E-state index in [1.54, 1.807) is 18.2 Å². The number of carbonyl (C=O) groups is 1. The van der Waals surface area contributed by atoms with Crippen molar-refractivity contribution in [2.75, 3.05) is 26.2 Å². The lowest BCUT2D eigenvalue weighted by Gasteiger charge is -2.34. The Labute approximate surface area is 227 Å². The molecule has 1 amide bonds. The molecule has 6 nitrogen and oxygen atoms in total. The maximum absolute atomic E-state index is 13.3. The fourth-order valence-corrected chi connectivity index (χ4v) is 5.74. The predicted molar refractivity (Wildman–Crippen MR) is 147 cm³/mol. The van der Waals surface area contributed by atoms with Crippen LogP contribution in [0.2, 0.25) is 0 Å². The summed E-state index contributed by atoms with van der Waals surface area (Å²) in [6, 6.07) is 6.13. The summed E-state index contributed by atoms with van der Waals surface area (Å²) < 4.78 is 42.3. The molecule has 2 aromatic heterocycles. The maximum atomic E-state index is 13.3. The minimum absolute atomic E-state index is 0.0376. The molecular formula is C30H36F3N5O. The number of aryl methyl sites for hydroxylation is 1. The van der Waals surface area contributed by atoms with Crippen molar-refractivity contribution in [1.29, 1.82) is 0 Å². The van der Waals surface area contributed by atoms with Crippen LogP contribution in [0.5, 0.6) is 0 Å². The highest BCUT2D eigenvalue weighted by molar-refractivity contribution is 5.82. The smallest absolute Gasteiger partial charge is 0.341 e. The Bertz CT molecular complexity index is 1300. The van der Waals surface area contributed by atoms with Crippen LogP contribution in [0, 0.1) is 18.3 Å². The Morgan fingerprint density at radius 2 is 1.97 bits per heavy atom. The lowest BCUT2D eigenvalue weighted by molar-refractivity contribution is -0.192. The molecule has 0 atom stereocenters. The number of alkyl halides is 3. The van der Waals surface area contributed by atoms with E-state index in [-0.39, 0.29) is 31.2 Å². The van der Waals surface area contributed by atoms with Crippen LogP contribution in [0.25, 0.3) is 23.5 Å². The van der Waals surface area contributed by atoms with Gasteiger partial charge in [0, 0.05) is 43.5 Å². The SMILES string of the molecule is C=C/C(=C\c1nc(-c2cc(C)c3n2CCNC3)ccc1C=C)NC(=O)C1CCN(CC2(C(F)(F)F)CC2)CC1. The first-order valence-corrected chi connectivity index (χ1v) is 13.6. The predicted octanol–water partition coefficient (Wildman–Crippen LogP) is 5.30. The number of hydrogen-bond acceptors (Lipinski definition) is 4. The summed E-state index contributed by atoms with van der Waals surface area (Å²) in [7, 11) is 0. The first-order chi connectivity index (χ1) is 18.6. The molecule has 2 aromatic rings. The molecule has 2 N–H and O–H groups in total. The summed E-state index contributed by atoms with van der Waals surface area (Å²) >= 11 is 0. The summed E-state index contributed by atoms with van der Waals surface area (Å²) in [5, 5.41) is 6.38. The number of pyridine rings is 1. The summed E-state index contributed by atoms with van der Waals surface area (Å²) in [6.07, 6.45) is 2.44. The van der Waals surface area contributed by atoms with Gasteiger partial charge in [-0.1, -0.05) is 25.3 Å². The van der Waals surface area contributed by atoms with E-state index < -0.39 is 11.6 Å². The highest BCUT2D eigenvalue weighted by Crippen LogP contribution is 2.58. The zero-order valence-electron chi connectivity index (χ0n) is 22.4. The first kappa shape index (κ1) is 27.4. The molecule has 0 radical (unpaired) electrons. The third-order valence-electron chi connectivity index (χ3n) is 8.39. The fraction of sp³-hybridized carbons (Fsp3) is 0.467. The number of halogens is 3. The summed E-state index contributed by atoms with van der Waals surface area (Å²) in [4.78, 5) is 19.9. The number of piperidine rings is 1. The van der Waals surface area contributed by atoms with Crippen molar-refractivity contribution < 1.29 is 18.0 Å². The van der Waals surface area contributed by atoms with Crippen molar-refractivity contribution in [2.45, 2.75) is 51.9 Å². The number of nitrogens with one attached hydrogen (secondary N) is 2. The molecule has 39 heavy (non-hydrogen) atoms. The normalized spacial score (nSPS) is 19.8. The fourth-order valence-electron chi connectivity index (χ4n) is 5.74. The van der Waals surface area contributed by atoms with Gasteiger partial charge in [-0.25, -0.2) is 4.98 Å². The van der Waals surface area contributed by atoms with Crippen LogP contribution in [0.4, 0.5) is 13.2 Å². The van der Waals surface area contributed by atoms with Crippen molar-refractivity contribution in [3.8, 4) is 11.4 Å². The number of carbonyl (C=O) groups excluding carboxylic acids is 1. The molecule has 0 spiro atoms. The van der Waals surface area contributed by atoms with Crippen LogP contribution in [-0.2, 0) is 17.9 Å². The van der Waals surface area contributed by atoms with Gasteiger partial charge in [-0.05, 0) is 81.1 Å². The lowest BCUT2D eigenvalue weighted by Crippen LogP contribution is -2.44. The molecule has 4 heterocycles. The second kappa shape index (κ2) is 10.8. The van der Waals surface area contributed by atoms with Crippen molar-refractivity contribution >= 4 is 18.1 Å². The van der Waals surface area contributed by atoms with Crippen LogP contribution < -0.4 is 10.6 Å². The number of aromatic nitrogens is 2. The van der Waals surface area contributed by atoms with Crippen molar-refractivity contribution in [3.63, 3.8) is 0 Å². The van der Waals surface area contributed by atoms with E-state index >= 15 is 0 Å². The Morgan fingerprint density at radius 1 is 1.23 bits per heavy atom. The van der Waals surface area contributed by atoms with Crippen molar-refractivity contribution in [2.24, 2.45) is 11.3 Å². The van der Waals surface area contributed by atoms with E-state index in [0.29, 0.717) is 37.3 Å². The van der Waals surface area contributed by atoms with Gasteiger partial charge < -0.3 is 20.1 Å². The summed E-state index contributed by atoms with van der Waals surface area (Å²) in [5.41, 5.74) is 4.89. The number of rotatable bonds is 8. The van der Waals surface area contributed by atoms with Gasteiger partial charge >= 0.3 is 6.18 Å². The average Bonchev–Trinajstić information content (AvgIpc) is 3.65. The molecular weight excluding hydrogens is 503 g/mol. The van der Waals surface area contributed by atoms with Crippen LogP contribution >= 0.6 is 0 Å². The quantitative estimate of drug-likeness (QED) is 0.447. The monoisotopic (exact) mass is 539 g/mol. The molecule has 1 aliphatic carbocycles.